The van der Waals surface area contributed by atoms with Gasteiger partial charge in [-0.05, 0) is 37.3 Å². The Kier molecular flexibility index (Phi) is 6.82. The molecule has 1 aromatic carbocycles. The third-order valence-electron chi connectivity index (χ3n) is 3.96. The van der Waals surface area contributed by atoms with Crippen molar-refractivity contribution in [2.75, 3.05) is 6.61 Å². The van der Waals surface area contributed by atoms with E-state index in [-0.39, 0.29) is 5.57 Å². The van der Waals surface area contributed by atoms with Crippen LogP contribution >= 0.6 is 23.5 Å². The van der Waals surface area contributed by atoms with E-state index in [2.05, 4.69) is 39.8 Å². The Bertz CT molecular complexity index is 671. The molecule has 0 aliphatic carbocycles. The fourth-order valence-electron chi connectivity index (χ4n) is 2.42. The number of aryl methyl sites for hydroxylation is 2. The van der Waals surface area contributed by atoms with Crippen LogP contribution in [0.15, 0.2) is 31.7 Å². The smallest absolute Gasteiger partial charge is 0.350 e. The van der Waals surface area contributed by atoms with Crippen molar-refractivity contribution in [3.8, 4) is 6.07 Å². The summed E-state index contributed by atoms with van der Waals surface area (Å²) < 4.78 is 6.11. The molecule has 2 rings (SSSR count). The largest absolute Gasteiger partial charge is 0.461 e. The van der Waals surface area contributed by atoms with Crippen molar-refractivity contribution in [1.82, 2.24) is 0 Å². The summed E-state index contributed by atoms with van der Waals surface area (Å²) in [6.45, 7) is 8.69. The maximum atomic E-state index is 12.3. The van der Waals surface area contributed by atoms with Gasteiger partial charge in [-0.25, -0.2) is 4.79 Å². The molecule has 0 bridgehead atoms. The summed E-state index contributed by atoms with van der Waals surface area (Å²) in [6, 6.07) is 6.20. The summed E-state index contributed by atoms with van der Waals surface area (Å²) in [5.74, 6) is -0.177. The Morgan fingerprint density at radius 2 is 1.83 bits per heavy atom. The number of unbranched alkanes of at least 4 members (excludes halogenated alkanes) is 1. The van der Waals surface area contributed by atoms with Gasteiger partial charge in [-0.2, -0.15) is 5.26 Å². The topological polar surface area (TPSA) is 50.1 Å². The number of carbonyl (C=O) groups excluding carboxylic acids is 1. The summed E-state index contributed by atoms with van der Waals surface area (Å²) in [6.07, 6.45) is 3.30. The maximum Gasteiger partial charge on any atom is 0.350 e. The second-order valence-electron chi connectivity index (χ2n) is 6.18. The van der Waals surface area contributed by atoms with Crippen LogP contribution in [0.1, 0.15) is 44.2 Å². The van der Waals surface area contributed by atoms with Crippen LogP contribution in [0.4, 0.5) is 0 Å². The lowest BCUT2D eigenvalue weighted by molar-refractivity contribution is -0.139. The molecule has 24 heavy (non-hydrogen) atoms. The van der Waals surface area contributed by atoms with Crippen molar-refractivity contribution < 1.29 is 9.53 Å². The molecule has 0 saturated carbocycles. The van der Waals surface area contributed by atoms with Gasteiger partial charge in [0, 0.05) is 9.79 Å². The molecule has 0 N–H and O–H groups in total. The Morgan fingerprint density at radius 3 is 2.33 bits per heavy atom. The third-order valence-corrected chi connectivity index (χ3v) is 6.83. The molecule has 0 fully saturated rings. The number of hydrogen-bond donors (Lipinski definition) is 0. The molecule has 1 unspecified atom stereocenters. The number of ether oxygens (including phenoxy) is 1. The summed E-state index contributed by atoms with van der Waals surface area (Å²) in [4.78, 5) is 14.6. The Morgan fingerprint density at radius 1 is 1.25 bits per heavy atom. The van der Waals surface area contributed by atoms with Crippen LogP contribution in [0, 0.1) is 31.1 Å². The van der Waals surface area contributed by atoms with Crippen LogP contribution in [0.3, 0.4) is 0 Å². The van der Waals surface area contributed by atoms with Gasteiger partial charge in [0.1, 0.15) is 6.07 Å². The zero-order valence-corrected chi connectivity index (χ0v) is 16.3. The fourth-order valence-corrected chi connectivity index (χ4v) is 5.14. The second-order valence-corrected chi connectivity index (χ2v) is 8.48. The number of benzene rings is 1. The lowest BCUT2D eigenvalue weighted by Crippen LogP contribution is -2.13. The first kappa shape index (κ1) is 19.0. The van der Waals surface area contributed by atoms with Crippen LogP contribution < -0.4 is 0 Å². The number of rotatable bonds is 6. The van der Waals surface area contributed by atoms with E-state index >= 15 is 0 Å². The molecule has 0 radical (unpaired) electrons. The van der Waals surface area contributed by atoms with Crippen LogP contribution in [0.5, 0.6) is 0 Å². The molecule has 1 aliphatic rings. The molecule has 3 nitrogen and oxygen atoms in total. The highest BCUT2D eigenvalue weighted by molar-refractivity contribution is 8.24. The van der Waals surface area contributed by atoms with Crippen molar-refractivity contribution in [3.63, 3.8) is 0 Å². The number of fused-ring (bicyclic) bond motifs is 1. The first-order valence-electron chi connectivity index (χ1n) is 8.25. The van der Waals surface area contributed by atoms with Crippen molar-refractivity contribution in [2.45, 2.75) is 56.7 Å². The van der Waals surface area contributed by atoms with E-state index in [1.54, 1.807) is 0 Å². The second kappa shape index (κ2) is 8.64. The lowest BCUT2D eigenvalue weighted by atomic mass is 10.1. The highest BCUT2D eigenvalue weighted by atomic mass is 32.2. The van der Waals surface area contributed by atoms with Gasteiger partial charge in [-0.15, -0.1) is 0 Å². The van der Waals surface area contributed by atoms with E-state index in [9.17, 15) is 10.1 Å². The molecule has 128 valence electrons. The summed E-state index contributed by atoms with van der Waals surface area (Å²) in [5, 5.41) is 9.45. The van der Waals surface area contributed by atoms with Gasteiger partial charge in [0.25, 0.3) is 0 Å². The van der Waals surface area contributed by atoms with E-state index in [0.717, 1.165) is 33.3 Å². The minimum Gasteiger partial charge on any atom is -0.461 e. The van der Waals surface area contributed by atoms with Gasteiger partial charge >= 0.3 is 5.97 Å². The van der Waals surface area contributed by atoms with Gasteiger partial charge in [0.2, 0.25) is 0 Å². The first-order chi connectivity index (χ1) is 11.5. The zero-order valence-electron chi connectivity index (χ0n) is 14.6. The number of esters is 1. The van der Waals surface area contributed by atoms with Crippen LogP contribution in [0.25, 0.3) is 0 Å². The number of thioether (sulfide) groups is 2. The predicted octanol–water partition coefficient (Wildman–Crippen LogP) is 5.61. The molecule has 1 aliphatic heterocycles. The van der Waals surface area contributed by atoms with Crippen molar-refractivity contribution in [1.29, 1.82) is 5.26 Å². The third kappa shape index (κ3) is 4.37. The van der Waals surface area contributed by atoms with E-state index in [1.165, 1.54) is 34.7 Å². The minimum atomic E-state index is -0.501. The average Bonchev–Trinajstić information content (AvgIpc) is 3.01. The predicted molar refractivity (Wildman–Crippen MR) is 99.9 cm³/mol. The number of nitriles is 1. The number of hydrogen-bond acceptors (Lipinski definition) is 5. The molecule has 5 heteroatoms. The van der Waals surface area contributed by atoms with Gasteiger partial charge in [0.15, 0.2) is 5.57 Å². The quantitative estimate of drug-likeness (QED) is 0.375. The molecule has 0 aromatic heterocycles. The lowest BCUT2D eigenvalue weighted by Gasteiger charge is -2.11. The molecular formula is C19H23NO2S2. The van der Waals surface area contributed by atoms with Gasteiger partial charge in [-0.3, -0.25) is 0 Å². The first-order valence-corrected chi connectivity index (χ1v) is 9.88. The van der Waals surface area contributed by atoms with E-state index < -0.39 is 5.97 Å². The highest BCUT2D eigenvalue weighted by Crippen LogP contribution is 2.54. The van der Waals surface area contributed by atoms with Gasteiger partial charge in [-0.1, -0.05) is 62.3 Å². The number of carbonyl (C=O) groups is 1. The molecule has 1 heterocycles. The van der Waals surface area contributed by atoms with E-state index in [0.29, 0.717) is 12.5 Å². The van der Waals surface area contributed by atoms with E-state index in [1.807, 2.05) is 6.07 Å². The van der Waals surface area contributed by atoms with E-state index in [4.69, 9.17) is 4.74 Å². The monoisotopic (exact) mass is 361 g/mol. The molecule has 0 saturated heterocycles. The van der Waals surface area contributed by atoms with Crippen molar-refractivity contribution in [3.05, 3.63) is 33.1 Å². The minimum absolute atomic E-state index is 0.127. The fraction of sp³-hybridized carbons (Fsp3) is 0.474. The molecular weight excluding hydrogens is 338 g/mol. The molecule has 1 atom stereocenters. The highest BCUT2D eigenvalue weighted by Gasteiger charge is 2.28. The molecule has 0 spiro atoms. The summed E-state index contributed by atoms with van der Waals surface area (Å²) in [5.41, 5.74) is 2.46. The molecule has 1 aromatic rings. The maximum absolute atomic E-state index is 12.3. The van der Waals surface area contributed by atoms with Gasteiger partial charge < -0.3 is 4.74 Å². The summed E-state index contributed by atoms with van der Waals surface area (Å²) >= 11 is 3.01. The number of nitrogens with zero attached hydrogens (tertiary/aromatic N) is 1. The van der Waals surface area contributed by atoms with Crippen molar-refractivity contribution >= 4 is 29.5 Å². The SMILES string of the molecule is CCCCC(C)COC(=O)C(C#N)=C1Sc2c(C)ccc(C)c2S1. The van der Waals surface area contributed by atoms with Crippen LogP contribution in [-0.2, 0) is 9.53 Å². The summed E-state index contributed by atoms with van der Waals surface area (Å²) in [7, 11) is 0. The Labute approximate surface area is 152 Å². The normalized spacial score (nSPS) is 14.0. The zero-order chi connectivity index (χ0) is 17.7. The standard InChI is InChI=1S/C19H23NO2S2/c1-5-6-7-12(2)11-22-18(21)15(10-20)19-23-16-13(3)8-9-14(4)17(16)24-19/h8-9,12H,5-7,11H2,1-4H3. The average molecular weight is 362 g/mol. The van der Waals surface area contributed by atoms with Crippen LogP contribution in [0.2, 0.25) is 0 Å². The molecule has 0 amide bonds. The Balaban J connectivity index is 2.10. The van der Waals surface area contributed by atoms with Gasteiger partial charge in [0.05, 0.1) is 10.8 Å². The Hall–Kier alpha value is -1.38. The van der Waals surface area contributed by atoms with Crippen LogP contribution in [-0.4, -0.2) is 12.6 Å². The van der Waals surface area contributed by atoms with Crippen molar-refractivity contribution in [2.24, 2.45) is 5.92 Å².